The second-order valence-corrected chi connectivity index (χ2v) is 6.57. The number of rotatable bonds is 5. The molecule has 1 fully saturated rings. The Hall–Kier alpha value is -2.62. The Morgan fingerprint density at radius 3 is 2.29 bits per heavy atom. The predicted octanol–water partition coefficient (Wildman–Crippen LogP) is 3.34. The molecule has 1 saturated carbocycles. The maximum atomic E-state index is 12.5. The molecule has 0 heterocycles. The highest BCUT2D eigenvalue weighted by Crippen LogP contribution is 2.46. The first-order valence-corrected chi connectivity index (χ1v) is 8.22. The summed E-state index contributed by atoms with van der Waals surface area (Å²) in [5.41, 5.74) is 3.14. The van der Waals surface area contributed by atoms with Crippen LogP contribution in [0.5, 0.6) is 0 Å². The van der Waals surface area contributed by atoms with Crippen LogP contribution >= 0.6 is 0 Å². The second-order valence-electron chi connectivity index (χ2n) is 6.57. The lowest BCUT2D eigenvalue weighted by Gasteiger charge is -2.16. The zero-order chi connectivity index (χ0) is 17.2. The van der Waals surface area contributed by atoms with Crippen LogP contribution in [0.1, 0.15) is 29.5 Å². The van der Waals surface area contributed by atoms with Crippen molar-refractivity contribution in [2.45, 2.75) is 33.2 Å². The van der Waals surface area contributed by atoms with E-state index in [4.69, 9.17) is 0 Å². The molecule has 2 aromatic carbocycles. The minimum absolute atomic E-state index is 0.186. The highest BCUT2D eigenvalue weighted by Gasteiger charge is 2.56. The van der Waals surface area contributed by atoms with Crippen molar-refractivity contribution in [3.8, 4) is 0 Å². The third-order valence-electron chi connectivity index (χ3n) is 4.46. The van der Waals surface area contributed by atoms with Gasteiger partial charge in [-0.05, 0) is 44.4 Å². The van der Waals surface area contributed by atoms with E-state index in [1.54, 1.807) is 0 Å². The van der Waals surface area contributed by atoms with Crippen LogP contribution in [0.25, 0.3) is 0 Å². The quantitative estimate of drug-likeness (QED) is 0.830. The summed E-state index contributed by atoms with van der Waals surface area (Å²) >= 11 is 0. The van der Waals surface area contributed by atoms with E-state index in [1.165, 1.54) is 0 Å². The maximum Gasteiger partial charge on any atom is 0.240 e. The van der Waals surface area contributed by atoms with E-state index < -0.39 is 5.41 Å². The number of amides is 2. The largest absolute Gasteiger partial charge is 0.351 e. The van der Waals surface area contributed by atoms with Gasteiger partial charge in [0.1, 0.15) is 5.41 Å². The van der Waals surface area contributed by atoms with Gasteiger partial charge >= 0.3 is 0 Å². The molecule has 0 unspecified atom stereocenters. The number of hydrogen-bond donors (Lipinski definition) is 2. The number of nitrogens with one attached hydrogen (secondary N) is 2. The summed E-state index contributed by atoms with van der Waals surface area (Å²) in [7, 11) is 0. The first-order chi connectivity index (χ1) is 11.5. The van der Waals surface area contributed by atoms with Gasteiger partial charge in [0.25, 0.3) is 0 Å². The molecule has 2 N–H and O–H groups in total. The molecular formula is C20H22N2O2. The molecule has 1 aliphatic carbocycles. The fraction of sp³-hybridized carbons (Fsp3) is 0.300. The molecule has 0 bridgehead atoms. The van der Waals surface area contributed by atoms with Crippen molar-refractivity contribution in [2.75, 3.05) is 5.32 Å². The first kappa shape index (κ1) is 16.2. The van der Waals surface area contributed by atoms with Gasteiger partial charge in [0.2, 0.25) is 11.8 Å². The molecule has 0 saturated heterocycles. The Kier molecular flexibility index (Phi) is 4.38. The number of carbonyl (C=O) groups is 2. The second kappa shape index (κ2) is 6.48. The minimum atomic E-state index is -0.908. The summed E-state index contributed by atoms with van der Waals surface area (Å²) in [5, 5.41) is 5.77. The van der Waals surface area contributed by atoms with Crippen molar-refractivity contribution < 1.29 is 9.59 Å². The molecule has 124 valence electrons. The zero-order valence-corrected chi connectivity index (χ0v) is 14.1. The van der Waals surface area contributed by atoms with Gasteiger partial charge in [-0.15, -0.1) is 0 Å². The standard InChI is InChI=1S/C20H22N2O2/c1-14-6-8-17(9-7-14)22-19(24)20(10-11-20)18(23)21-13-16-5-3-4-15(2)12-16/h3-9,12H,10-11,13H2,1-2H3,(H,21,23)(H,22,24). The summed E-state index contributed by atoms with van der Waals surface area (Å²) in [4.78, 5) is 25.0. The van der Waals surface area contributed by atoms with Crippen LogP contribution in [0.4, 0.5) is 5.69 Å². The van der Waals surface area contributed by atoms with Gasteiger partial charge in [-0.3, -0.25) is 9.59 Å². The SMILES string of the molecule is Cc1ccc(NC(=O)C2(C(=O)NCc3cccc(C)c3)CC2)cc1. The molecule has 24 heavy (non-hydrogen) atoms. The smallest absolute Gasteiger partial charge is 0.240 e. The Morgan fingerprint density at radius 2 is 1.67 bits per heavy atom. The monoisotopic (exact) mass is 322 g/mol. The zero-order valence-electron chi connectivity index (χ0n) is 14.1. The number of hydrogen-bond acceptors (Lipinski definition) is 2. The number of aryl methyl sites for hydroxylation is 2. The van der Waals surface area contributed by atoms with Crippen LogP contribution < -0.4 is 10.6 Å². The summed E-state index contributed by atoms with van der Waals surface area (Å²) < 4.78 is 0. The molecule has 0 aliphatic heterocycles. The van der Waals surface area contributed by atoms with E-state index >= 15 is 0 Å². The van der Waals surface area contributed by atoms with Crippen LogP contribution in [0.15, 0.2) is 48.5 Å². The minimum Gasteiger partial charge on any atom is -0.351 e. The molecule has 0 spiro atoms. The average Bonchev–Trinajstić information content (AvgIpc) is 3.37. The lowest BCUT2D eigenvalue weighted by Crippen LogP contribution is -2.39. The van der Waals surface area contributed by atoms with E-state index in [0.29, 0.717) is 19.4 Å². The third-order valence-corrected chi connectivity index (χ3v) is 4.46. The van der Waals surface area contributed by atoms with Crippen LogP contribution in [0, 0.1) is 19.3 Å². The summed E-state index contributed by atoms with van der Waals surface area (Å²) in [6.45, 7) is 4.45. The molecule has 3 rings (SSSR count). The molecule has 4 heteroatoms. The molecular weight excluding hydrogens is 300 g/mol. The molecule has 2 aromatic rings. The van der Waals surface area contributed by atoms with Crippen molar-refractivity contribution in [1.29, 1.82) is 0 Å². The highest BCUT2D eigenvalue weighted by molar-refractivity contribution is 6.13. The van der Waals surface area contributed by atoms with Crippen LogP contribution in [0.2, 0.25) is 0 Å². The molecule has 0 atom stereocenters. The van der Waals surface area contributed by atoms with E-state index in [-0.39, 0.29) is 11.8 Å². The average molecular weight is 322 g/mol. The van der Waals surface area contributed by atoms with Crippen LogP contribution in [0.3, 0.4) is 0 Å². The summed E-state index contributed by atoms with van der Waals surface area (Å²) in [5.74, 6) is -0.401. The fourth-order valence-corrected chi connectivity index (χ4v) is 2.74. The predicted molar refractivity (Wildman–Crippen MR) is 94.5 cm³/mol. The third kappa shape index (κ3) is 3.48. The van der Waals surface area contributed by atoms with Crippen molar-refractivity contribution in [1.82, 2.24) is 5.32 Å². The number of anilines is 1. The highest BCUT2D eigenvalue weighted by atomic mass is 16.2. The topological polar surface area (TPSA) is 58.2 Å². The van der Waals surface area contributed by atoms with Gasteiger partial charge in [0.05, 0.1) is 0 Å². The van der Waals surface area contributed by atoms with E-state index in [9.17, 15) is 9.59 Å². The van der Waals surface area contributed by atoms with Gasteiger partial charge < -0.3 is 10.6 Å². The first-order valence-electron chi connectivity index (χ1n) is 8.22. The Labute approximate surface area is 142 Å². The Bertz CT molecular complexity index is 761. The molecule has 4 nitrogen and oxygen atoms in total. The van der Waals surface area contributed by atoms with E-state index in [2.05, 4.69) is 10.6 Å². The van der Waals surface area contributed by atoms with Crippen molar-refractivity contribution in [3.05, 3.63) is 65.2 Å². The Morgan fingerprint density at radius 1 is 0.958 bits per heavy atom. The number of carbonyl (C=O) groups excluding carboxylic acids is 2. The van der Waals surface area contributed by atoms with Gasteiger partial charge in [-0.2, -0.15) is 0 Å². The number of benzene rings is 2. The molecule has 2 amide bonds. The van der Waals surface area contributed by atoms with Crippen LogP contribution in [-0.2, 0) is 16.1 Å². The van der Waals surface area contributed by atoms with Crippen molar-refractivity contribution in [3.63, 3.8) is 0 Å². The normalized spacial score (nSPS) is 14.8. The summed E-state index contributed by atoms with van der Waals surface area (Å²) in [6, 6.07) is 15.6. The van der Waals surface area contributed by atoms with Gasteiger partial charge in [-0.1, -0.05) is 47.5 Å². The molecule has 0 aromatic heterocycles. The van der Waals surface area contributed by atoms with E-state index in [1.807, 2.05) is 62.4 Å². The lowest BCUT2D eigenvalue weighted by molar-refractivity contribution is -0.134. The van der Waals surface area contributed by atoms with Crippen molar-refractivity contribution >= 4 is 17.5 Å². The Balaban J connectivity index is 1.61. The van der Waals surface area contributed by atoms with Gasteiger partial charge in [0.15, 0.2) is 0 Å². The van der Waals surface area contributed by atoms with Crippen molar-refractivity contribution in [2.24, 2.45) is 5.41 Å². The van der Waals surface area contributed by atoms with E-state index in [0.717, 1.165) is 22.4 Å². The van der Waals surface area contributed by atoms with Crippen LogP contribution in [-0.4, -0.2) is 11.8 Å². The fourth-order valence-electron chi connectivity index (χ4n) is 2.74. The van der Waals surface area contributed by atoms with Gasteiger partial charge in [0, 0.05) is 12.2 Å². The summed E-state index contributed by atoms with van der Waals surface area (Å²) in [6.07, 6.45) is 1.20. The molecule has 1 aliphatic rings. The van der Waals surface area contributed by atoms with Gasteiger partial charge in [-0.25, -0.2) is 0 Å². The lowest BCUT2D eigenvalue weighted by atomic mass is 10.0. The maximum absolute atomic E-state index is 12.5. The molecule has 0 radical (unpaired) electrons.